The number of carbonyl (C=O) groups excluding carboxylic acids is 1. The van der Waals surface area contributed by atoms with E-state index in [4.69, 9.17) is 4.74 Å². The number of amides is 1. The SMILES string of the molecule is COc1ccc(-c2csc3nc(NC(=O)c4cccc(Nc5nc(C)cc(C)n5)c4)nn23)cc1. The van der Waals surface area contributed by atoms with Crippen molar-refractivity contribution >= 4 is 39.8 Å². The number of aromatic nitrogens is 5. The molecule has 9 nitrogen and oxygen atoms in total. The van der Waals surface area contributed by atoms with Gasteiger partial charge in [0.2, 0.25) is 10.9 Å². The lowest BCUT2D eigenvalue weighted by molar-refractivity contribution is 0.102. The predicted molar refractivity (Wildman–Crippen MR) is 132 cm³/mol. The average Bonchev–Trinajstić information content (AvgIpc) is 3.39. The van der Waals surface area contributed by atoms with Gasteiger partial charge in [-0.05, 0) is 62.4 Å². The van der Waals surface area contributed by atoms with Gasteiger partial charge in [-0.1, -0.05) is 6.07 Å². The van der Waals surface area contributed by atoms with E-state index in [1.165, 1.54) is 11.3 Å². The maximum atomic E-state index is 12.9. The van der Waals surface area contributed by atoms with Crippen LogP contribution in [-0.4, -0.2) is 37.6 Å². The summed E-state index contributed by atoms with van der Waals surface area (Å²) in [6, 6.07) is 16.7. The van der Waals surface area contributed by atoms with Crippen LogP contribution >= 0.6 is 11.3 Å². The first kappa shape index (κ1) is 21.5. The number of methoxy groups -OCH3 is 1. The number of nitrogens with one attached hydrogen (secondary N) is 2. The first-order valence-corrected chi connectivity index (χ1v) is 11.4. The molecule has 0 bridgehead atoms. The van der Waals surface area contributed by atoms with Crippen molar-refractivity contribution in [3.05, 3.63) is 76.9 Å². The Balaban J connectivity index is 1.34. The Labute approximate surface area is 199 Å². The quantitative estimate of drug-likeness (QED) is 0.364. The minimum Gasteiger partial charge on any atom is -0.497 e. The summed E-state index contributed by atoms with van der Waals surface area (Å²) in [5.74, 6) is 1.19. The van der Waals surface area contributed by atoms with Crippen LogP contribution in [0.25, 0.3) is 16.2 Å². The fraction of sp³-hybridized carbons (Fsp3) is 0.125. The summed E-state index contributed by atoms with van der Waals surface area (Å²) in [6.07, 6.45) is 0. The molecule has 0 saturated carbocycles. The van der Waals surface area contributed by atoms with Gasteiger partial charge >= 0.3 is 0 Å². The van der Waals surface area contributed by atoms with Gasteiger partial charge in [-0.15, -0.1) is 16.4 Å². The molecule has 0 atom stereocenters. The Bertz CT molecular complexity index is 1470. The van der Waals surface area contributed by atoms with Gasteiger partial charge in [0.1, 0.15) is 5.75 Å². The van der Waals surface area contributed by atoms with E-state index in [1.54, 1.807) is 29.8 Å². The number of hydrogen-bond donors (Lipinski definition) is 2. The Morgan fingerprint density at radius 3 is 2.47 bits per heavy atom. The highest BCUT2D eigenvalue weighted by atomic mass is 32.1. The molecule has 0 saturated heterocycles. The van der Waals surface area contributed by atoms with Crippen molar-refractivity contribution in [2.75, 3.05) is 17.7 Å². The summed E-state index contributed by atoms with van der Waals surface area (Å²) in [5.41, 5.74) is 4.76. The molecule has 0 radical (unpaired) electrons. The number of fused-ring (bicyclic) bond motifs is 1. The Morgan fingerprint density at radius 2 is 1.74 bits per heavy atom. The predicted octanol–water partition coefficient (Wildman–Crippen LogP) is 4.87. The second kappa shape index (κ2) is 8.91. The van der Waals surface area contributed by atoms with E-state index in [0.29, 0.717) is 22.2 Å². The number of nitrogens with zero attached hydrogens (tertiary/aromatic N) is 5. The summed E-state index contributed by atoms with van der Waals surface area (Å²) in [6.45, 7) is 3.82. The van der Waals surface area contributed by atoms with Crippen LogP contribution in [0.4, 0.5) is 17.6 Å². The molecule has 0 aliphatic carbocycles. The van der Waals surface area contributed by atoms with E-state index in [2.05, 4.69) is 30.7 Å². The third-order valence-corrected chi connectivity index (χ3v) is 5.87. The molecule has 10 heteroatoms. The number of thiazole rings is 1. The summed E-state index contributed by atoms with van der Waals surface area (Å²) in [4.78, 5) is 26.8. The maximum Gasteiger partial charge on any atom is 0.258 e. The normalized spacial score (nSPS) is 10.9. The monoisotopic (exact) mass is 471 g/mol. The van der Waals surface area contributed by atoms with Crippen LogP contribution in [0.2, 0.25) is 0 Å². The molecule has 0 fully saturated rings. The second-order valence-corrected chi connectivity index (χ2v) is 8.45. The smallest absolute Gasteiger partial charge is 0.258 e. The van der Waals surface area contributed by atoms with Crippen molar-refractivity contribution in [1.29, 1.82) is 0 Å². The number of rotatable bonds is 6. The van der Waals surface area contributed by atoms with Crippen LogP contribution in [-0.2, 0) is 0 Å². The number of carbonyl (C=O) groups is 1. The highest BCUT2D eigenvalue weighted by Gasteiger charge is 2.15. The zero-order chi connectivity index (χ0) is 23.7. The highest BCUT2D eigenvalue weighted by molar-refractivity contribution is 7.15. The molecule has 5 aromatic rings. The molecular weight excluding hydrogens is 450 g/mol. The molecule has 0 aliphatic heterocycles. The van der Waals surface area contributed by atoms with E-state index in [1.807, 2.05) is 55.6 Å². The van der Waals surface area contributed by atoms with Gasteiger partial charge in [0.15, 0.2) is 0 Å². The van der Waals surface area contributed by atoms with Crippen molar-refractivity contribution < 1.29 is 9.53 Å². The number of anilines is 3. The van der Waals surface area contributed by atoms with Crippen LogP contribution < -0.4 is 15.4 Å². The lowest BCUT2D eigenvalue weighted by Gasteiger charge is -2.08. The Hall–Kier alpha value is -4.31. The molecule has 5 rings (SSSR count). The largest absolute Gasteiger partial charge is 0.497 e. The molecule has 3 heterocycles. The van der Waals surface area contributed by atoms with E-state index >= 15 is 0 Å². The van der Waals surface area contributed by atoms with Crippen LogP contribution in [0.1, 0.15) is 21.7 Å². The summed E-state index contributed by atoms with van der Waals surface area (Å²) in [7, 11) is 1.63. The van der Waals surface area contributed by atoms with Crippen LogP contribution in [0.3, 0.4) is 0 Å². The van der Waals surface area contributed by atoms with Crippen molar-refractivity contribution in [3.8, 4) is 17.0 Å². The van der Waals surface area contributed by atoms with Crippen molar-refractivity contribution in [2.45, 2.75) is 13.8 Å². The zero-order valence-electron chi connectivity index (χ0n) is 18.7. The molecule has 0 unspecified atom stereocenters. The third-order valence-electron chi connectivity index (χ3n) is 5.06. The lowest BCUT2D eigenvalue weighted by atomic mass is 10.2. The first-order chi connectivity index (χ1) is 16.5. The van der Waals surface area contributed by atoms with Crippen LogP contribution in [0.15, 0.2) is 60.0 Å². The van der Waals surface area contributed by atoms with Gasteiger partial charge < -0.3 is 10.1 Å². The Kier molecular flexibility index (Phi) is 5.64. The molecule has 0 spiro atoms. The van der Waals surface area contributed by atoms with Crippen molar-refractivity contribution in [3.63, 3.8) is 0 Å². The number of hydrogen-bond acceptors (Lipinski definition) is 8. The number of aryl methyl sites for hydroxylation is 2. The van der Waals surface area contributed by atoms with Gasteiger partial charge in [0.25, 0.3) is 11.9 Å². The number of benzene rings is 2. The molecule has 34 heavy (non-hydrogen) atoms. The fourth-order valence-corrected chi connectivity index (χ4v) is 4.35. The minimum atomic E-state index is -0.311. The first-order valence-electron chi connectivity index (χ1n) is 10.5. The van der Waals surface area contributed by atoms with E-state index in [0.717, 1.165) is 28.4 Å². The standard InChI is InChI=1S/C24H21N7O2S/c1-14-11-15(2)26-22(25-14)27-18-6-4-5-17(12-18)21(32)28-23-29-24-31(30-23)20(13-34-24)16-7-9-19(33-3)10-8-16/h4-13H,1-3H3,(H,25,26,27)(H,28,30,32). The van der Waals surface area contributed by atoms with Gasteiger partial charge in [-0.3, -0.25) is 10.1 Å². The van der Waals surface area contributed by atoms with Crippen molar-refractivity contribution in [2.24, 2.45) is 0 Å². The van der Waals surface area contributed by atoms with Crippen LogP contribution in [0.5, 0.6) is 5.75 Å². The van der Waals surface area contributed by atoms with Gasteiger partial charge in [0.05, 0.1) is 12.8 Å². The van der Waals surface area contributed by atoms with Crippen LogP contribution in [0, 0.1) is 13.8 Å². The molecular formula is C24H21N7O2S. The summed E-state index contributed by atoms with van der Waals surface area (Å²) in [5, 5.41) is 12.4. The molecule has 170 valence electrons. The molecule has 3 aromatic heterocycles. The zero-order valence-corrected chi connectivity index (χ0v) is 19.6. The summed E-state index contributed by atoms with van der Waals surface area (Å²) < 4.78 is 6.94. The third kappa shape index (κ3) is 4.44. The van der Waals surface area contributed by atoms with E-state index in [-0.39, 0.29) is 11.9 Å². The average molecular weight is 472 g/mol. The number of ether oxygens (including phenoxy) is 1. The maximum absolute atomic E-state index is 12.9. The Morgan fingerprint density at radius 1 is 0.971 bits per heavy atom. The molecule has 1 amide bonds. The van der Waals surface area contributed by atoms with Gasteiger partial charge in [0, 0.05) is 33.6 Å². The fourth-order valence-electron chi connectivity index (χ4n) is 3.52. The van der Waals surface area contributed by atoms with Gasteiger partial charge in [-0.25, -0.2) is 14.5 Å². The summed E-state index contributed by atoms with van der Waals surface area (Å²) >= 11 is 1.45. The van der Waals surface area contributed by atoms with Crippen molar-refractivity contribution in [1.82, 2.24) is 24.6 Å². The minimum absolute atomic E-state index is 0.239. The second-order valence-electron chi connectivity index (χ2n) is 7.61. The van der Waals surface area contributed by atoms with Gasteiger partial charge in [-0.2, -0.15) is 4.98 Å². The highest BCUT2D eigenvalue weighted by Crippen LogP contribution is 2.27. The topological polar surface area (TPSA) is 106 Å². The lowest BCUT2D eigenvalue weighted by Crippen LogP contribution is -2.13. The molecule has 0 aliphatic rings. The molecule has 2 aromatic carbocycles. The van der Waals surface area contributed by atoms with E-state index < -0.39 is 0 Å². The molecule has 2 N–H and O–H groups in total. The van der Waals surface area contributed by atoms with E-state index in [9.17, 15) is 4.79 Å².